The third-order valence-corrected chi connectivity index (χ3v) is 3.90. The van der Waals surface area contributed by atoms with Crippen LogP contribution in [0.25, 0.3) is 0 Å². The van der Waals surface area contributed by atoms with E-state index in [9.17, 15) is 0 Å². The van der Waals surface area contributed by atoms with Gasteiger partial charge in [-0.1, -0.05) is 23.8 Å². The Morgan fingerprint density at radius 2 is 1.92 bits per heavy atom. The summed E-state index contributed by atoms with van der Waals surface area (Å²) in [6, 6.07) is 0. The molecule has 0 aromatic heterocycles. The summed E-state index contributed by atoms with van der Waals surface area (Å²) >= 11 is 0. The van der Waals surface area contributed by atoms with Gasteiger partial charge in [0.25, 0.3) is 0 Å². The predicted molar refractivity (Wildman–Crippen MR) is 55.4 cm³/mol. The van der Waals surface area contributed by atoms with Crippen molar-refractivity contribution in [3.8, 4) is 0 Å². The second-order valence-corrected chi connectivity index (χ2v) is 5.06. The molecule has 0 heterocycles. The highest BCUT2D eigenvalue weighted by atomic mass is 14.4. The number of hydrogen-bond acceptors (Lipinski definition) is 0. The molecular formula is C13H18. The van der Waals surface area contributed by atoms with Gasteiger partial charge in [0.2, 0.25) is 0 Å². The number of rotatable bonds is 2. The molecule has 1 unspecified atom stereocenters. The van der Waals surface area contributed by atoms with Crippen molar-refractivity contribution >= 4 is 0 Å². The molecule has 3 aliphatic carbocycles. The van der Waals surface area contributed by atoms with Crippen LogP contribution in [0.3, 0.4) is 0 Å². The average Bonchev–Trinajstić information content (AvgIpc) is 3.00. The Morgan fingerprint density at radius 1 is 1.15 bits per heavy atom. The lowest BCUT2D eigenvalue weighted by molar-refractivity contribution is 0.498. The quantitative estimate of drug-likeness (QED) is 0.560. The normalized spacial score (nSPS) is 34.6. The minimum atomic E-state index is 0.876. The summed E-state index contributed by atoms with van der Waals surface area (Å²) in [4.78, 5) is 0. The molecule has 0 spiro atoms. The van der Waals surface area contributed by atoms with Crippen LogP contribution in [0.4, 0.5) is 0 Å². The smallest absolute Gasteiger partial charge is 0.0136 e. The van der Waals surface area contributed by atoms with E-state index in [1.54, 1.807) is 5.57 Å². The second-order valence-electron chi connectivity index (χ2n) is 5.06. The van der Waals surface area contributed by atoms with Crippen LogP contribution in [0.5, 0.6) is 0 Å². The van der Waals surface area contributed by atoms with Gasteiger partial charge >= 0.3 is 0 Å². The third kappa shape index (κ3) is 1.47. The van der Waals surface area contributed by atoms with Gasteiger partial charge in [0.15, 0.2) is 0 Å². The molecular weight excluding hydrogens is 156 g/mol. The lowest BCUT2D eigenvalue weighted by Gasteiger charge is -2.25. The molecule has 3 aliphatic rings. The van der Waals surface area contributed by atoms with Crippen LogP contribution in [0.2, 0.25) is 0 Å². The Morgan fingerprint density at radius 3 is 2.54 bits per heavy atom. The van der Waals surface area contributed by atoms with Crippen molar-refractivity contribution in [3.05, 3.63) is 23.8 Å². The summed E-state index contributed by atoms with van der Waals surface area (Å²) in [5.74, 6) is 2.89. The molecule has 0 saturated heterocycles. The SMILES string of the molecule is C=C1CC=C(C2CC2)CC1C1CC1. The van der Waals surface area contributed by atoms with Gasteiger partial charge in [-0.25, -0.2) is 0 Å². The molecule has 0 aromatic rings. The molecule has 0 aliphatic heterocycles. The highest BCUT2D eigenvalue weighted by Crippen LogP contribution is 2.50. The molecule has 2 saturated carbocycles. The van der Waals surface area contributed by atoms with Crippen molar-refractivity contribution in [2.45, 2.75) is 38.5 Å². The molecule has 2 fully saturated rings. The Hall–Kier alpha value is -0.520. The average molecular weight is 174 g/mol. The summed E-state index contributed by atoms with van der Waals surface area (Å²) in [5.41, 5.74) is 3.30. The summed E-state index contributed by atoms with van der Waals surface area (Å²) in [6.45, 7) is 4.23. The van der Waals surface area contributed by atoms with Crippen LogP contribution in [0.15, 0.2) is 23.8 Å². The van der Waals surface area contributed by atoms with Gasteiger partial charge in [0, 0.05) is 0 Å². The minimum Gasteiger partial charge on any atom is -0.0992 e. The highest BCUT2D eigenvalue weighted by molar-refractivity contribution is 5.25. The Kier molecular flexibility index (Phi) is 1.65. The Bertz CT molecular complexity index is 264. The van der Waals surface area contributed by atoms with E-state index in [0.29, 0.717) is 0 Å². The lowest BCUT2D eigenvalue weighted by Crippen LogP contribution is -2.12. The zero-order chi connectivity index (χ0) is 8.84. The van der Waals surface area contributed by atoms with E-state index in [4.69, 9.17) is 0 Å². The van der Waals surface area contributed by atoms with E-state index < -0.39 is 0 Å². The fourth-order valence-electron chi connectivity index (χ4n) is 2.68. The standard InChI is InChI=1S/C13H18/c1-9-2-3-12(10-4-5-10)8-13(9)11-6-7-11/h3,10-11,13H,1-2,4-8H2. The number of hydrogen-bond donors (Lipinski definition) is 0. The Balaban J connectivity index is 1.75. The molecule has 0 nitrogen and oxygen atoms in total. The van der Waals surface area contributed by atoms with E-state index >= 15 is 0 Å². The molecule has 0 radical (unpaired) electrons. The van der Waals surface area contributed by atoms with Crippen molar-refractivity contribution in [2.24, 2.45) is 17.8 Å². The van der Waals surface area contributed by atoms with Gasteiger partial charge in [0.1, 0.15) is 0 Å². The maximum atomic E-state index is 4.23. The first-order valence-electron chi connectivity index (χ1n) is 5.71. The monoisotopic (exact) mass is 174 g/mol. The van der Waals surface area contributed by atoms with E-state index in [1.165, 1.54) is 44.1 Å². The minimum absolute atomic E-state index is 0.876. The topological polar surface area (TPSA) is 0 Å². The second kappa shape index (κ2) is 2.73. The third-order valence-electron chi connectivity index (χ3n) is 3.90. The molecule has 70 valence electrons. The van der Waals surface area contributed by atoms with E-state index in [-0.39, 0.29) is 0 Å². The molecule has 0 amide bonds. The van der Waals surface area contributed by atoms with Crippen molar-refractivity contribution in [3.63, 3.8) is 0 Å². The predicted octanol–water partition coefficient (Wildman–Crippen LogP) is 3.70. The molecule has 0 aromatic carbocycles. The highest BCUT2D eigenvalue weighted by Gasteiger charge is 2.37. The first-order valence-corrected chi connectivity index (χ1v) is 5.71. The largest absolute Gasteiger partial charge is 0.0992 e. The zero-order valence-electron chi connectivity index (χ0n) is 8.26. The first kappa shape index (κ1) is 7.84. The van der Waals surface area contributed by atoms with Crippen LogP contribution < -0.4 is 0 Å². The maximum absolute atomic E-state index is 4.23. The Labute approximate surface area is 80.7 Å². The van der Waals surface area contributed by atoms with Crippen LogP contribution in [0.1, 0.15) is 38.5 Å². The van der Waals surface area contributed by atoms with Crippen LogP contribution in [0, 0.1) is 17.8 Å². The van der Waals surface area contributed by atoms with Crippen molar-refractivity contribution in [1.82, 2.24) is 0 Å². The van der Waals surface area contributed by atoms with Crippen LogP contribution >= 0.6 is 0 Å². The summed E-state index contributed by atoms with van der Waals surface area (Å²) in [5, 5.41) is 0. The fraction of sp³-hybridized carbons (Fsp3) is 0.692. The van der Waals surface area contributed by atoms with Crippen molar-refractivity contribution in [2.75, 3.05) is 0 Å². The lowest BCUT2D eigenvalue weighted by atomic mass is 9.80. The van der Waals surface area contributed by atoms with Crippen molar-refractivity contribution < 1.29 is 0 Å². The van der Waals surface area contributed by atoms with Gasteiger partial charge in [-0.3, -0.25) is 0 Å². The fourth-order valence-corrected chi connectivity index (χ4v) is 2.68. The number of allylic oxidation sites excluding steroid dienone is 3. The summed E-state index contributed by atoms with van der Waals surface area (Å²) in [7, 11) is 0. The van der Waals surface area contributed by atoms with Gasteiger partial charge < -0.3 is 0 Å². The van der Waals surface area contributed by atoms with E-state index in [1.807, 2.05) is 0 Å². The van der Waals surface area contributed by atoms with E-state index in [0.717, 1.165) is 17.8 Å². The van der Waals surface area contributed by atoms with Crippen molar-refractivity contribution in [1.29, 1.82) is 0 Å². The van der Waals surface area contributed by atoms with Gasteiger partial charge in [-0.05, 0) is 56.3 Å². The molecule has 0 bridgehead atoms. The summed E-state index contributed by atoms with van der Waals surface area (Å²) in [6.07, 6.45) is 10.9. The maximum Gasteiger partial charge on any atom is -0.0136 e. The van der Waals surface area contributed by atoms with Gasteiger partial charge in [0.05, 0.1) is 0 Å². The van der Waals surface area contributed by atoms with Crippen LogP contribution in [-0.4, -0.2) is 0 Å². The van der Waals surface area contributed by atoms with Gasteiger partial charge in [-0.2, -0.15) is 0 Å². The van der Waals surface area contributed by atoms with E-state index in [2.05, 4.69) is 12.7 Å². The molecule has 1 atom stereocenters. The van der Waals surface area contributed by atoms with Crippen LogP contribution in [-0.2, 0) is 0 Å². The molecule has 0 N–H and O–H groups in total. The first-order chi connectivity index (χ1) is 6.34. The zero-order valence-corrected chi connectivity index (χ0v) is 8.26. The van der Waals surface area contributed by atoms with Gasteiger partial charge in [-0.15, -0.1) is 0 Å². The molecule has 13 heavy (non-hydrogen) atoms. The molecule has 0 heteroatoms. The molecule has 3 rings (SSSR count). The summed E-state index contributed by atoms with van der Waals surface area (Å²) < 4.78 is 0.